The Hall–Kier alpha value is -2.70. The predicted octanol–water partition coefficient (Wildman–Crippen LogP) is 3.55. The minimum absolute atomic E-state index is 0.0987. The molecule has 0 unspecified atom stereocenters. The maximum Gasteiger partial charge on any atom is 0.270 e. The Morgan fingerprint density at radius 1 is 1.26 bits per heavy atom. The topological polar surface area (TPSA) is 90.1 Å². The number of anilines is 1. The molecule has 7 heteroatoms. The SMILES string of the molecule is O=C(Nc1ccnn1C1CCCCC1)c1cccc([N+](=O)[O-])c1. The van der Waals surface area contributed by atoms with Gasteiger partial charge in [0.25, 0.3) is 11.6 Å². The summed E-state index contributed by atoms with van der Waals surface area (Å²) in [5.41, 5.74) is 0.161. The summed E-state index contributed by atoms with van der Waals surface area (Å²) in [6.45, 7) is 0. The Kier molecular flexibility index (Phi) is 4.36. The molecule has 1 aliphatic rings. The zero-order chi connectivity index (χ0) is 16.2. The molecule has 1 N–H and O–H groups in total. The number of amides is 1. The molecule has 7 nitrogen and oxygen atoms in total. The van der Waals surface area contributed by atoms with Gasteiger partial charge in [-0.15, -0.1) is 0 Å². The van der Waals surface area contributed by atoms with Crippen LogP contribution in [-0.4, -0.2) is 20.6 Å². The number of nitrogens with one attached hydrogen (secondary N) is 1. The first-order valence-electron chi connectivity index (χ1n) is 7.74. The van der Waals surface area contributed by atoms with Gasteiger partial charge in [-0.25, -0.2) is 4.68 Å². The van der Waals surface area contributed by atoms with Gasteiger partial charge in [-0.05, 0) is 18.9 Å². The number of nitro benzene ring substituents is 1. The molecule has 0 radical (unpaired) electrons. The lowest BCUT2D eigenvalue weighted by molar-refractivity contribution is -0.384. The molecule has 1 saturated carbocycles. The number of aromatic nitrogens is 2. The van der Waals surface area contributed by atoms with Gasteiger partial charge in [0, 0.05) is 23.8 Å². The third kappa shape index (κ3) is 3.39. The fraction of sp³-hybridized carbons (Fsp3) is 0.375. The molecule has 1 amide bonds. The maximum atomic E-state index is 12.3. The van der Waals surface area contributed by atoms with Gasteiger partial charge in [-0.2, -0.15) is 5.10 Å². The summed E-state index contributed by atoms with van der Waals surface area (Å²) in [4.78, 5) is 22.6. The molecule has 0 atom stereocenters. The van der Waals surface area contributed by atoms with Crippen molar-refractivity contribution in [2.75, 3.05) is 5.32 Å². The van der Waals surface area contributed by atoms with Gasteiger partial charge >= 0.3 is 0 Å². The molecule has 1 aliphatic carbocycles. The number of nitro groups is 1. The lowest BCUT2D eigenvalue weighted by atomic mass is 9.96. The van der Waals surface area contributed by atoms with Crippen LogP contribution in [0.2, 0.25) is 0 Å². The van der Waals surface area contributed by atoms with Crippen LogP contribution in [0.25, 0.3) is 0 Å². The summed E-state index contributed by atoms with van der Waals surface area (Å²) in [5.74, 6) is 0.264. The van der Waals surface area contributed by atoms with Gasteiger partial charge in [0.15, 0.2) is 0 Å². The summed E-state index contributed by atoms with van der Waals surface area (Å²) >= 11 is 0. The average molecular weight is 314 g/mol. The number of carbonyl (C=O) groups excluding carboxylic acids is 1. The van der Waals surface area contributed by atoms with Crippen molar-refractivity contribution in [2.24, 2.45) is 0 Å². The smallest absolute Gasteiger partial charge is 0.270 e. The van der Waals surface area contributed by atoms with Crippen LogP contribution in [0.4, 0.5) is 11.5 Å². The Bertz CT molecular complexity index is 720. The Morgan fingerprint density at radius 2 is 2.04 bits per heavy atom. The normalized spacial score (nSPS) is 15.3. The number of hydrogen-bond donors (Lipinski definition) is 1. The molecular weight excluding hydrogens is 296 g/mol. The summed E-state index contributed by atoms with van der Waals surface area (Å²) in [5, 5.41) is 17.9. The van der Waals surface area contributed by atoms with Crippen molar-refractivity contribution in [3.8, 4) is 0 Å². The average Bonchev–Trinajstić information content (AvgIpc) is 3.04. The molecule has 0 spiro atoms. The third-order valence-corrected chi connectivity index (χ3v) is 4.15. The largest absolute Gasteiger partial charge is 0.307 e. The van der Waals surface area contributed by atoms with Crippen molar-refractivity contribution in [1.82, 2.24) is 9.78 Å². The van der Waals surface area contributed by atoms with Crippen molar-refractivity contribution in [3.05, 3.63) is 52.2 Å². The van der Waals surface area contributed by atoms with E-state index in [1.54, 1.807) is 18.3 Å². The first-order valence-corrected chi connectivity index (χ1v) is 7.74. The van der Waals surface area contributed by atoms with Crippen LogP contribution in [0, 0.1) is 10.1 Å². The second kappa shape index (κ2) is 6.60. The van der Waals surface area contributed by atoms with Gasteiger partial charge in [-0.1, -0.05) is 25.3 Å². The van der Waals surface area contributed by atoms with E-state index in [-0.39, 0.29) is 17.2 Å². The molecule has 3 rings (SSSR count). The zero-order valence-corrected chi connectivity index (χ0v) is 12.6. The van der Waals surface area contributed by atoms with E-state index < -0.39 is 4.92 Å². The quantitative estimate of drug-likeness (QED) is 0.690. The zero-order valence-electron chi connectivity index (χ0n) is 12.6. The van der Waals surface area contributed by atoms with E-state index >= 15 is 0 Å². The van der Waals surface area contributed by atoms with E-state index in [0.717, 1.165) is 12.8 Å². The monoisotopic (exact) mass is 314 g/mol. The molecular formula is C16H18N4O3. The molecule has 0 aliphatic heterocycles. The third-order valence-electron chi connectivity index (χ3n) is 4.15. The van der Waals surface area contributed by atoms with Crippen molar-refractivity contribution >= 4 is 17.4 Å². The summed E-state index contributed by atoms with van der Waals surface area (Å²) in [6.07, 6.45) is 7.36. The van der Waals surface area contributed by atoms with Crippen molar-refractivity contribution in [2.45, 2.75) is 38.1 Å². The van der Waals surface area contributed by atoms with E-state index in [1.165, 1.54) is 37.5 Å². The number of nitrogens with zero attached hydrogens (tertiary/aromatic N) is 3. The van der Waals surface area contributed by atoms with E-state index in [9.17, 15) is 14.9 Å². The number of rotatable bonds is 4. The predicted molar refractivity (Wildman–Crippen MR) is 85.4 cm³/mol. The molecule has 1 heterocycles. The molecule has 0 bridgehead atoms. The van der Waals surface area contributed by atoms with Crippen LogP contribution in [-0.2, 0) is 0 Å². The molecule has 1 aromatic carbocycles. The summed E-state index contributed by atoms with van der Waals surface area (Å²) in [7, 11) is 0. The van der Waals surface area contributed by atoms with Crippen LogP contribution in [0.3, 0.4) is 0 Å². The number of hydrogen-bond acceptors (Lipinski definition) is 4. The highest BCUT2D eigenvalue weighted by Crippen LogP contribution is 2.30. The Morgan fingerprint density at radius 3 is 2.78 bits per heavy atom. The van der Waals surface area contributed by atoms with Gasteiger partial charge in [0.2, 0.25) is 0 Å². The molecule has 0 saturated heterocycles. The lowest BCUT2D eigenvalue weighted by Crippen LogP contribution is -2.20. The molecule has 120 valence electrons. The highest BCUT2D eigenvalue weighted by atomic mass is 16.6. The Balaban J connectivity index is 1.77. The van der Waals surface area contributed by atoms with Crippen molar-refractivity contribution in [3.63, 3.8) is 0 Å². The van der Waals surface area contributed by atoms with Gasteiger partial charge in [0.1, 0.15) is 5.82 Å². The van der Waals surface area contributed by atoms with E-state index in [2.05, 4.69) is 10.4 Å². The van der Waals surface area contributed by atoms with Crippen LogP contribution in [0.1, 0.15) is 48.5 Å². The highest BCUT2D eigenvalue weighted by Gasteiger charge is 2.20. The van der Waals surface area contributed by atoms with E-state index in [1.807, 2.05) is 4.68 Å². The van der Waals surface area contributed by atoms with E-state index in [4.69, 9.17) is 0 Å². The molecule has 23 heavy (non-hydrogen) atoms. The van der Waals surface area contributed by atoms with Gasteiger partial charge < -0.3 is 5.32 Å². The van der Waals surface area contributed by atoms with Gasteiger partial charge in [-0.3, -0.25) is 14.9 Å². The first-order chi connectivity index (χ1) is 11.1. The highest BCUT2D eigenvalue weighted by molar-refractivity contribution is 6.04. The fourth-order valence-electron chi connectivity index (χ4n) is 2.98. The number of carbonyl (C=O) groups is 1. The first kappa shape index (κ1) is 15.2. The van der Waals surface area contributed by atoms with E-state index in [0.29, 0.717) is 11.9 Å². The maximum absolute atomic E-state index is 12.3. The molecule has 1 fully saturated rings. The minimum Gasteiger partial charge on any atom is -0.307 e. The second-order valence-electron chi connectivity index (χ2n) is 5.71. The standard InChI is InChI=1S/C16H18N4O3/c21-16(12-5-4-8-14(11-12)20(22)23)18-15-9-10-17-19(15)13-6-2-1-3-7-13/h4-5,8-11,13H,1-3,6-7H2,(H,18,21). The lowest BCUT2D eigenvalue weighted by Gasteiger charge is -2.23. The van der Waals surface area contributed by atoms with Crippen LogP contribution < -0.4 is 5.32 Å². The van der Waals surface area contributed by atoms with Gasteiger partial charge in [0.05, 0.1) is 17.2 Å². The van der Waals surface area contributed by atoms with Crippen molar-refractivity contribution in [1.29, 1.82) is 0 Å². The molecule has 2 aromatic rings. The summed E-state index contributed by atoms with van der Waals surface area (Å²) in [6, 6.07) is 7.76. The Labute approximate surface area is 133 Å². The van der Waals surface area contributed by atoms with Crippen molar-refractivity contribution < 1.29 is 9.72 Å². The second-order valence-corrected chi connectivity index (χ2v) is 5.71. The van der Waals surface area contributed by atoms with Crippen LogP contribution in [0.15, 0.2) is 36.5 Å². The molecule has 1 aromatic heterocycles. The number of non-ortho nitro benzene ring substituents is 1. The number of benzene rings is 1. The summed E-state index contributed by atoms with van der Waals surface area (Å²) < 4.78 is 1.86. The fourth-order valence-corrected chi connectivity index (χ4v) is 2.98. The van der Waals surface area contributed by atoms with Crippen LogP contribution in [0.5, 0.6) is 0 Å². The minimum atomic E-state index is -0.511. The van der Waals surface area contributed by atoms with Crippen LogP contribution >= 0.6 is 0 Å².